The number of H-pyrrole nitrogens is 1. The molecule has 0 saturated carbocycles. The van der Waals surface area contributed by atoms with Crippen LogP contribution >= 0.6 is 15.9 Å². The molecule has 1 aliphatic rings. The van der Waals surface area contributed by atoms with Gasteiger partial charge in [0.05, 0.1) is 22.3 Å². The van der Waals surface area contributed by atoms with E-state index < -0.39 is 5.56 Å². The summed E-state index contributed by atoms with van der Waals surface area (Å²) in [6.45, 7) is 1.12. The number of halogens is 1. The molecule has 0 spiro atoms. The van der Waals surface area contributed by atoms with Gasteiger partial charge in [0, 0.05) is 31.4 Å². The average Bonchev–Trinajstić information content (AvgIpc) is 3.05. The second kappa shape index (κ2) is 5.36. The molecule has 8 heteroatoms. The maximum Gasteiger partial charge on any atom is 0.254 e. The lowest BCUT2D eigenvalue weighted by atomic mass is 10.2. The first-order chi connectivity index (χ1) is 10.0. The van der Waals surface area contributed by atoms with E-state index in [4.69, 9.17) is 0 Å². The number of aromatic nitrogens is 3. The monoisotopic (exact) mass is 352 g/mol. The van der Waals surface area contributed by atoms with Crippen molar-refractivity contribution in [3.05, 3.63) is 44.9 Å². The largest absolute Gasteiger partial charge is 0.494 e. The number of likely N-dealkylation sites (tertiary alicyclic amines) is 1. The Bertz CT molecular complexity index is 739. The number of carbonyl (C=O) groups is 1. The van der Waals surface area contributed by atoms with Gasteiger partial charge in [-0.1, -0.05) is 0 Å². The van der Waals surface area contributed by atoms with Crippen LogP contribution in [0.4, 0.5) is 0 Å². The molecule has 2 aromatic rings. The molecule has 21 heavy (non-hydrogen) atoms. The Morgan fingerprint density at radius 2 is 2.29 bits per heavy atom. The van der Waals surface area contributed by atoms with E-state index >= 15 is 0 Å². The summed E-state index contributed by atoms with van der Waals surface area (Å²) in [7, 11) is 0. The summed E-state index contributed by atoms with van der Waals surface area (Å²) in [6.07, 6.45) is 4.38. The highest BCUT2D eigenvalue weighted by atomic mass is 79.9. The lowest BCUT2D eigenvalue weighted by molar-refractivity contribution is 0.0786. The number of amides is 1. The van der Waals surface area contributed by atoms with Crippen LogP contribution in [0.1, 0.15) is 22.8 Å². The molecule has 2 N–H and O–H groups in total. The number of hydrogen-bond acceptors (Lipinski definition) is 4. The quantitative estimate of drug-likeness (QED) is 0.847. The van der Waals surface area contributed by atoms with Gasteiger partial charge in [-0.2, -0.15) is 5.10 Å². The van der Waals surface area contributed by atoms with E-state index in [1.807, 2.05) is 10.9 Å². The third-order valence-corrected chi connectivity index (χ3v) is 3.88. The van der Waals surface area contributed by atoms with Gasteiger partial charge < -0.3 is 10.0 Å². The summed E-state index contributed by atoms with van der Waals surface area (Å²) >= 11 is 3.35. The first kappa shape index (κ1) is 13.9. The number of aromatic hydroxyl groups is 1. The van der Waals surface area contributed by atoms with Crippen LogP contribution in [0.15, 0.2) is 33.8 Å². The lowest BCUT2D eigenvalue weighted by Crippen LogP contribution is -2.30. The molecule has 7 nitrogen and oxygen atoms in total. The smallest absolute Gasteiger partial charge is 0.254 e. The van der Waals surface area contributed by atoms with Crippen molar-refractivity contribution in [1.82, 2.24) is 19.7 Å². The van der Waals surface area contributed by atoms with E-state index in [0.29, 0.717) is 13.1 Å². The topological polar surface area (TPSA) is 91.2 Å². The molecule has 0 aromatic carbocycles. The minimum atomic E-state index is -0.495. The van der Waals surface area contributed by atoms with Gasteiger partial charge in [-0.3, -0.25) is 19.3 Å². The van der Waals surface area contributed by atoms with Crippen LogP contribution in [0.5, 0.6) is 5.88 Å². The number of nitrogens with one attached hydrogen (secondary N) is 1. The molecule has 0 radical (unpaired) electrons. The fourth-order valence-corrected chi connectivity index (χ4v) is 2.79. The zero-order valence-electron chi connectivity index (χ0n) is 11.0. The molecule has 1 atom stereocenters. The molecule has 2 aromatic heterocycles. The first-order valence-corrected chi connectivity index (χ1v) is 7.24. The van der Waals surface area contributed by atoms with E-state index in [-0.39, 0.29) is 23.4 Å². The van der Waals surface area contributed by atoms with Crippen LogP contribution in [-0.2, 0) is 0 Å². The average molecular weight is 353 g/mol. The van der Waals surface area contributed by atoms with Gasteiger partial charge in [-0.05, 0) is 22.4 Å². The van der Waals surface area contributed by atoms with E-state index in [2.05, 4.69) is 26.0 Å². The van der Waals surface area contributed by atoms with Crippen molar-refractivity contribution >= 4 is 21.8 Å². The number of rotatable bonds is 2. The molecule has 1 unspecified atom stereocenters. The number of pyridine rings is 1. The van der Waals surface area contributed by atoms with Crippen molar-refractivity contribution in [1.29, 1.82) is 0 Å². The van der Waals surface area contributed by atoms with Gasteiger partial charge in [0.1, 0.15) is 0 Å². The highest BCUT2D eigenvalue weighted by molar-refractivity contribution is 9.10. The Morgan fingerprint density at radius 3 is 2.95 bits per heavy atom. The molecule has 0 bridgehead atoms. The van der Waals surface area contributed by atoms with Gasteiger partial charge in [-0.25, -0.2) is 0 Å². The summed E-state index contributed by atoms with van der Waals surface area (Å²) in [5.41, 5.74) is -0.302. The highest BCUT2D eigenvalue weighted by Gasteiger charge is 2.28. The Labute approximate surface area is 128 Å². The second-order valence-electron chi connectivity index (χ2n) is 4.95. The van der Waals surface area contributed by atoms with Crippen molar-refractivity contribution < 1.29 is 9.90 Å². The van der Waals surface area contributed by atoms with E-state index in [9.17, 15) is 14.7 Å². The fraction of sp³-hybridized carbons (Fsp3) is 0.308. The maximum atomic E-state index is 12.4. The van der Waals surface area contributed by atoms with Gasteiger partial charge in [0.15, 0.2) is 5.88 Å². The zero-order chi connectivity index (χ0) is 15.0. The normalized spacial score (nSPS) is 18.1. The van der Waals surface area contributed by atoms with E-state index in [1.165, 1.54) is 12.1 Å². The van der Waals surface area contributed by atoms with Crippen molar-refractivity contribution in [3.63, 3.8) is 0 Å². The standard InChI is InChI=1S/C13H13BrN4O3/c14-9-5-15-18(6-9)10-1-2-17(7-10)13(21)8-3-11(19)16-12(20)4-8/h3-6,10H,1-2,7H2,(H2,16,19,20). The zero-order valence-corrected chi connectivity index (χ0v) is 12.6. The third kappa shape index (κ3) is 2.85. The van der Waals surface area contributed by atoms with Gasteiger partial charge in [0.2, 0.25) is 0 Å². The van der Waals surface area contributed by atoms with Crippen LogP contribution < -0.4 is 5.56 Å². The molecule has 3 heterocycles. The highest BCUT2D eigenvalue weighted by Crippen LogP contribution is 2.24. The Balaban J connectivity index is 1.76. The molecular weight excluding hydrogens is 340 g/mol. The van der Waals surface area contributed by atoms with Gasteiger partial charge in [-0.15, -0.1) is 0 Å². The molecule has 3 rings (SSSR count). The first-order valence-electron chi connectivity index (χ1n) is 6.45. The van der Waals surface area contributed by atoms with Crippen LogP contribution in [0.25, 0.3) is 0 Å². The minimum absolute atomic E-state index is 0.121. The number of carbonyl (C=O) groups excluding carboxylic acids is 1. The predicted octanol–water partition coefficient (Wildman–Crippen LogP) is 1.13. The van der Waals surface area contributed by atoms with Gasteiger partial charge in [0.25, 0.3) is 11.5 Å². The molecule has 1 amide bonds. The SMILES string of the molecule is O=C(c1cc(O)[nH]c(=O)c1)N1CCC(n2cc(Br)cn2)C1. The molecule has 110 valence electrons. The lowest BCUT2D eigenvalue weighted by Gasteiger charge is -2.16. The fourth-order valence-electron chi connectivity index (χ4n) is 2.49. The summed E-state index contributed by atoms with van der Waals surface area (Å²) < 4.78 is 2.72. The molecule has 1 aliphatic heterocycles. The Hall–Kier alpha value is -2.09. The van der Waals surface area contributed by atoms with Crippen molar-refractivity contribution in [2.24, 2.45) is 0 Å². The summed E-state index contributed by atoms with van der Waals surface area (Å²) in [4.78, 5) is 27.5. The van der Waals surface area contributed by atoms with Crippen molar-refractivity contribution in [2.45, 2.75) is 12.5 Å². The number of nitrogens with zero attached hydrogens (tertiary/aromatic N) is 3. The predicted molar refractivity (Wildman–Crippen MR) is 78.2 cm³/mol. The maximum absolute atomic E-state index is 12.4. The van der Waals surface area contributed by atoms with E-state index in [1.54, 1.807) is 11.1 Å². The molecule has 1 saturated heterocycles. The summed E-state index contributed by atoms with van der Waals surface area (Å²) in [5.74, 6) is -0.567. The number of aromatic amines is 1. The minimum Gasteiger partial charge on any atom is -0.494 e. The molecule has 1 fully saturated rings. The van der Waals surface area contributed by atoms with Crippen LogP contribution in [0, 0.1) is 0 Å². The Kier molecular flexibility index (Phi) is 3.54. The Morgan fingerprint density at radius 1 is 1.48 bits per heavy atom. The molecular formula is C13H13BrN4O3. The molecule has 0 aliphatic carbocycles. The summed E-state index contributed by atoms with van der Waals surface area (Å²) in [5, 5.41) is 13.6. The van der Waals surface area contributed by atoms with Crippen LogP contribution in [0.2, 0.25) is 0 Å². The van der Waals surface area contributed by atoms with Gasteiger partial charge >= 0.3 is 0 Å². The third-order valence-electron chi connectivity index (χ3n) is 3.47. The van der Waals surface area contributed by atoms with Crippen LogP contribution in [-0.4, -0.2) is 43.8 Å². The van der Waals surface area contributed by atoms with E-state index in [0.717, 1.165) is 10.9 Å². The van der Waals surface area contributed by atoms with Crippen molar-refractivity contribution in [2.75, 3.05) is 13.1 Å². The number of hydrogen-bond donors (Lipinski definition) is 2. The van der Waals surface area contributed by atoms with Crippen molar-refractivity contribution in [3.8, 4) is 5.88 Å². The van der Waals surface area contributed by atoms with Crippen LogP contribution in [0.3, 0.4) is 0 Å². The second-order valence-corrected chi connectivity index (χ2v) is 5.87. The summed E-state index contributed by atoms with van der Waals surface area (Å²) in [6, 6.07) is 2.58.